The molecule has 1 amide bonds. The van der Waals surface area contributed by atoms with Gasteiger partial charge in [0.05, 0.1) is 5.92 Å². The second-order valence-electron chi connectivity index (χ2n) is 6.77. The topological polar surface area (TPSA) is 121 Å². The first-order valence-corrected chi connectivity index (χ1v) is 8.32. The van der Waals surface area contributed by atoms with Crippen molar-refractivity contribution in [1.82, 2.24) is 5.32 Å². The molecule has 0 spiro atoms. The predicted octanol–water partition coefficient (Wildman–Crippen LogP) is 2.09. The van der Waals surface area contributed by atoms with Crippen LogP contribution in [0.5, 0.6) is 0 Å². The monoisotopic (exact) mass is 343 g/mol. The molecule has 138 valence electrons. The number of ketones is 1. The van der Waals surface area contributed by atoms with Gasteiger partial charge >= 0.3 is 11.9 Å². The minimum atomic E-state index is -1.07. The van der Waals surface area contributed by atoms with E-state index in [9.17, 15) is 19.2 Å². The molecule has 0 aromatic heterocycles. The Morgan fingerprint density at radius 2 is 1.38 bits per heavy atom. The van der Waals surface area contributed by atoms with Crippen LogP contribution in [0.2, 0.25) is 0 Å². The summed E-state index contributed by atoms with van der Waals surface area (Å²) in [5.74, 6) is -3.51. The molecule has 0 saturated heterocycles. The number of carboxylic acids is 2. The van der Waals surface area contributed by atoms with Crippen molar-refractivity contribution in [2.45, 2.75) is 65.8 Å². The summed E-state index contributed by atoms with van der Waals surface area (Å²) in [6.45, 7) is 6.96. The molecule has 7 heteroatoms. The number of Topliss-reactive ketones (excluding diaryl/α,β-unsaturated/α-hetero) is 1. The van der Waals surface area contributed by atoms with Crippen molar-refractivity contribution < 1.29 is 29.4 Å². The van der Waals surface area contributed by atoms with Crippen LogP contribution in [0.25, 0.3) is 0 Å². The van der Waals surface area contributed by atoms with Gasteiger partial charge in [-0.2, -0.15) is 0 Å². The van der Waals surface area contributed by atoms with Gasteiger partial charge in [0, 0.05) is 19.3 Å². The minimum absolute atomic E-state index is 0.00757. The Kier molecular flexibility index (Phi) is 9.92. The molecule has 0 heterocycles. The van der Waals surface area contributed by atoms with Gasteiger partial charge in [0.25, 0.3) is 0 Å². The average Bonchev–Trinajstić information content (AvgIpc) is 2.45. The molecular formula is C17H29NO6. The van der Waals surface area contributed by atoms with Crippen molar-refractivity contribution in [2.75, 3.05) is 0 Å². The molecule has 7 nitrogen and oxygen atoms in total. The lowest BCUT2D eigenvalue weighted by atomic mass is 9.89. The molecule has 0 saturated carbocycles. The first kappa shape index (κ1) is 22.1. The summed E-state index contributed by atoms with van der Waals surface area (Å²) < 4.78 is 0. The summed E-state index contributed by atoms with van der Waals surface area (Å²) in [6, 6.07) is -0.915. The first-order chi connectivity index (χ1) is 11.1. The SMILES string of the molecule is CC(C)C(CC(=O)CCCCC(=O)NC(C(=O)O)C(C)C)C(=O)O. The zero-order valence-electron chi connectivity index (χ0n) is 14.9. The standard InChI is InChI=1S/C17H29NO6/c1-10(2)13(16(21)22)9-12(19)7-5-6-8-14(20)18-15(11(3)4)17(23)24/h10-11,13,15H,5-9H2,1-4H3,(H,18,20)(H,21,22)(H,23,24). The summed E-state index contributed by atoms with van der Waals surface area (Å²) in [5, 5.41) is 20.5. The maximum atomic E-state index is 11.8. The highest BCUT2D eigenvalue weighted by Crippen LogP contribution is 2.17. The zero-order chi connectivity index (χ0) is 18.9. The van der Waals surface area contributed by atoms with Gasteiger partial charge < -0.3 is 15.5 Å². The number of amides is 1. The highest BCUT2D eigenvalue weighted by atomic mass is 16.4. The van der Waals surface area contributed by atoms with Crippen LogP contribution < -0.4 is 5.32 Å². The fourth-order valence-electron chi connectivity index (χ4n) is 2.32. The van der Waals surface area contributed by atoms with Crippen molar-refractivity contribution in [3.8, 4) is 0 Å². The van der Waals surface area contributed by atoms with E-state index in [1.54, 1.807) is 27.7 Å². The molecule has 2 atom stereocenters. The van der Waals surface area contributed by atoms with Gasteiger partial charge in [0.2, 0.25) is 5.91 Å². The minimum Gasteiger partial charge on any atom is -0.481 e. The smallest absolute Gasteiger partial charge is 0.326 e. The van der Waals surface area contributed by atoms with Gasteiger partial charge in [-0.3, -0.25) is 14.4 Å². The average molecular weight is 343 g/mol. The summed E-state index contributed by atoms with van der Waals surface area (Å²) in [7, 11) is 0. The Hall–Kier alpha value is -1.92. The Labute approximate surface area is 142 Å². The highest BCUT2D eigenvalue weighted by Gasteiger charge is 2.25. The van der Waals surface area contributed by atoms with Crippen molar-refractivity contribution in [3.63, 3.8) is 0 Å². The van der Waals surface area contributed by atoms with Crippen LogP contribution >= 0.6 is 0 Å². The number of aliphatic carboxylic acids is 2. The van der Waals surface area contributed by atoms with Crippen LogP contribution in [0.15, 0.2) is 0 Å². The van der Waals surface area contributed by atoms with Gasteiger partial charge in [-0.05, 0) is 24.7 Å². The number of hydrogen-bond acceptors (Lipinski definition) is 4. The van der Waals surface area contributed by atoms with Gasteiger partial charge in [-0.1, -0.05) is 27.7 Å². The molecular weight excluding hydrogens is 314 g/mol. The largest absolute Gasteiger partial charge is 0.481 e. The summed E-state index contributed by atoms with van der Waals surface area (Å²) >= 11 is 0. The van der Waals surface area contributed by atoms with Crippen LogP contribution in [0, 0.1) is 17.8 Å². The maximum Gasteiger partial charge on any atom is 0.326 e. The fourth-order valence-corrected chi connectivity index (χ4v) is 2.32. The summed E-state index contributed by atoms with van der Waals surface area (Å²) in [6.07, 6.45) is 1.33. The molecule has 0 aliphatic carbocycles. The van der Waals surface area contributed by atoms with E-state index >= 15 is 0 Å². The van der Waals surface area contributed by atoms with E-state index in [0.717, 1.165) is 0 Å². The highest BCUT2D eigenvalue weighted by molar-refractivity contribution is 5.84. The second-order valence-corrected chi connectivity index (χ2v) is 6.77. The molecule has 24 heavy (non-hydrogen) atoms. The molecule has 0 aliphatic heterocycles. The fraction of sp³-hybridized carbons (Fsp3) is 0.765. The quantitative estimate of drug-likeness (QED) is 0.467. The van der Waals surface area contributed by atoms with E-state index in [-0.39, 0.29) is 42.8 Å². The Morgan fingerprint density at radius 3 is 1.79 bits per heavy atom. The molecule has 2 unspecified atom stereocenters. The Bertz CT molecular complexity index is 416. The molecule has 0 aliphatic rings. The first-order valence-electron chi connectivity index (χ1n) is 8.32. The van der Waals surface area contributed by atoms with Crippen molar-refractivity contribution >= 4 is 23.6 Å². The van der Waals surface area contributed by atoms with E-state index in [1.165, 1.54) is 0 Å². The van der Waals surface area contributed by atoms with Crippen LogP contribution in [-0.2, 0) is 19.2 Å². The predicted molar refractivity (Wildman–Crippen MR) is 88.5 cm³/mol. The van der Waals surface area contributed by atoms with Crippen molar-refractivity contribution in [3.05, 3.63) is 0 Å². The third kappa shape index (κ3) is 8.64. The van der Waals surface area contributed by atoms with E-state index in [4.69, 9.17) is 10.2 Å². The summed E-state index contributed by atoms with van der Waals surface area (Å²) in [5.41, 5.74) is 0. The van der Waals surface area contributed by atoms with E-state index in [2.05, 4.69) is 5.32 Å². The van der Waals surface area contributed by atoms with Crippen LogP contribution in [-0.4, -0.2) is 39.9 Å². The summed E-state index contributed by atoms with van der Waals surface area (Å²) in [4.78, 5) is 45.6. The molecule has 0 aromatic carbocycles. The van der Waals surface area contributed by atoms with Gasteiger partial charge in [0.1, 0.15) is 11.8 Å². The van der Waals surface area contributed by atoms with Gasteiger partial charge in [-0.25, -0.2) is 4.79 Å². The van der Waals surface area contributed by atoms with Crippen LogP contribution in [0.1, 0.15) is 59.8 Å². The number of rotatable bonds is 12. The normalized spacial score (nSPS) is 13.6. The Morgan fingerprint density at radius 1 is 0.833 bits per heavy atom. The molecule has 0 rings (SSSR count). The number of carboxylic acid groups (broad SMARTS) is 2. The van der Waals surface area contributed by atoms with Crippen LogP contribution in [0.4, 0.5) is 0 Å². The third-order valence-electron chi connectivity index (χ3n) is 3.93. The second kappa shape index (κ2) is 10.8. The lowest BCUT2D eigenvalue weighted by Gasteiger charge is -2.17. The van der Waals surface area contributed by atoms with Crippen LogP contribution in [0.3, 0.4) is 0 Å². The molecule has 0 aromatic rings. The van der Waals surface area contributed by atoms with Crippen molar-refractivity contribution in [1.29, 1.82) is 0 Å². The zero-order valence-corrected chi connectivity index (χ0v) is 14.9. The van der Waals surface area contributed by atoms with Gasteiger partial charge in [0.15, 0.2) is 0 Å². The lowest BCUT2D eigenvalue weighted by molar-refractivity contribution is -0.145. The maximum absolute atomic E-state index is 11.8. The molecule has 0 radical (unpaired) electrons. The number of nitrogens with one attached hydrogen (secondary N) is 1. The van der Waals surface area contributed by atoms with Crippen molar-refractivity contribution in [2.24, 2.45) is 17.8 Å². The number of hydrogen-bond donors (Lipinski definition) is 3. The van der Waals surface area contributed by atoms with E-state index in [0.29, 0.717) is 12.8 Å². The number of carbonyl (C=O) groups excluding carboxylic acids is 2. The Balaban J connectivity index is 4.12. The van der Waals surface area contributed by atoms with Gasteiger partial charge in [-0.15, -0.1) is 0 Å². The van der Waals surface area contributed by atoms with E-state index in [1.807, 2.05) is 0 Å². The lowest BCUT2D eigenvalue weighted by Crippen LogP contribution is -2.44. The number of carbonyl (C=O) groups is 4. The number of unbranched alkanes of at least 4 members (excludes halogenated alkanes) is 1. The molecule has 0 bridgehead atoms. The van der Waals surface area contributed by atoms with E-state index < -0.39 is 23.9 Å². The molecule has 0 fully saturated rings. The molecule has 3 N–H and O–H groups in total. The third-order valence-corrected chi connectivity index (χ3v) is 3.93.